The minimum absolute atomic E-state index is 0.0177. The highest BCUT2D eigenvalue weighted by Crippen LogP contribution is 2.41. The number of β-amino-alcohol motifs (C(OH)–C–C–N with tert-alkyl or cyclic N) is 2. The Bertz CT molecular complexity index is 2180. The Morgan fingerprint density at radius 2 is 0.903 bits per heavy atom. The molecule has 16 heteroatoms. The van der Waals surface area contributed by atoms with E-state index < -0.39 is 70.1 Å². The zero-order valence-electron chi connectivity index (χ0n) is 33.5. The number of nitrogens with zero attached hydrogens (tertiary/aromatic N) is 2. The maximum atomic E-state index is 14.6. The van der Waals surface area contributed by atoms with Crippen LogP contribution < -0.4 is 0 Å². The van der Waals surface area contributed by atoms with E-state index in [9.17, 15) is 56.4 Å². The van der Waals surface area contributed by atoms with Crippen molar-refractivity contribution in [3.8, 4) is 0 Å². The van der Waals surface area contributed by atoms with E-state index in [1.54, 1.807) is 12.1 Å². The number of rotatable bonds is 8. The second-order valence-corrected chi connectivity index (χ2v) is 19.5. The molecule has 0 aromatic heterocycles. The molecule has 332 valence electrons. The molecule has 4 aromatic carbocycles. The van der Waals surface area contributed by atoms with Crippen LogP contribution in [0.3, 0.4) is 0 Å². The van der Waals surface area contributed by atoms with Crippen LogP contribution in [-0.4, -0.2) is 91.6 Å². The van der Waals surface area contributed by atoms with Crippen molar-refractivity contribution in [1.29, 1.82) is 0 Å². The molecule has 2 heterocycles. The Kier molecular flexibility index (Phi) is 14.3. The molecule has 2 aliphatic heterocycles. The number of carbonyl (C=O) groups is 2. The first-order valence-corrected chi connectivity index (χ1v) is 22.8. The lowest BCUT2D eigenvalue weighted by molar-refractivity contribution is -0.156. The van der Waals surface area contributed by atoms with Crippen LogP contribution in [0, 0.1) is 53.9 Å². The fourth-order valence-corrected chi connectivity index (χ4v) is 10.4. The van der Waals surface area contributed by atoms with Crippen molar-refractivity contribution in [1.82, 2.24) is 9.80 Å². The fourth-order valence-electron chi connectivity index (χ4n) is 9.45. The van der Waals surface area contributed by atoms with Crippen molar-refractivity contribution in [3.63, 3.8) is 0 Å². The van der Waals surface area contributed by atoms with Gasteiger partial charge < -0.3 is 30.2 Å². The van der Waals surface area contributed by atoms with Crippen LogP contribution in [0.5, 0.6) is 0 Å². The summed E-state index contributed by atoms with van der Waals surface area (Å²) in [7, 11) is 0. The molecule has 2 amide bonds. The zero-order chi connectivity index (χ0) is 44.7. The molecule has 2 saturated heterocycles. The second-order valence-electron chi connectivity index (χ2n) is 17.0. The molecule has 8 nitrogen and oxygen atoms in total. The van der Waals surface area contributed by atoms with Crippen LogP contribution in [-0.2, 0) is 12.8 Å². The predicted molar refractivity (Wildman–Crippen MR) is 234 cm³/mol. The van der Waals surface area contributed by atoms with Gasteiger partial charge in [0.15, 0.2) is 23.3 Å². The van der Waals surface area contributed by atoms with E-state index in [-0.39, 0.29) is 84.2 Å². The van der Waals surface area contributed by atoms with Gasteiger partial charge in [0.25, 0.3) is 11.8 Å². The van der Waals surface area contributed by atoms with Gasteiger partial charge in [-0.3, -0.25) is 9.59 Å². The van der Waals surface area contributed by atoms with Crippen molar-refractivity contribution < 1.29 is 56.4 Å². The summed E-state index contributed by atoms with van der Waals surface area (Å²) in [4.78, 5) is 28.8. The minimum Gasteiger partial charge on any atom is -0.393 e. The summed E-state index contributed by atoms with van der Waals surface area (Å²) >= 11 is 3.90. The number of likely N-dealkylation sites (tertiary alicyclic amines) is 2. The molecule has 2 saturated carbocycles. The molecule has 4 aliphatic rings. The number of aliphatic hydroxyl groups is 4. The third kappa shape index (κ3) is 9.70. The Morgan fingerprint density at radius 3 is 1.24 bits per heavy atom. The summed E-state index contributed by atoms with van der Waals surface area (Å²) in [6.45, 7) is 0.0710. The standard InChI is InChI=1S/2C23H23F3INO3/c2*24-18-8-7-15(16(21(18)26)9-13-5-6-14(27)10-19(13)25)22(30)28-11-23(31,12-28)17-3-1-2-4-20(17)29/h2*5-8,10,17,20,29,31H,1-4,9,11-12H2/t17?,20-;17-,20-/m10/s1. The average Bonchev–Trinajstić information content (AvgIpc) is 3.21. The number of aliphatic hydroxyl groups excluding tert-OH is 2. The first-order chi connectivity index (χ1) is 29.4. The highest BCUT2D eigenvalue weighted by atomic mass is 127. The normalized spacial score (nSPS) is 22.8. The summed E-state index contributed by atoms with van der Waals surface area (Å²) in [6.07, 6.45) is 4.47. The number of carbonyl (C=O) groups excluding carboxylic acids is 2. The highest BCUT2D eigenvalue weighted by Gasteiger charge is 2.53. The van der Waals surface area contributed by atoms with Gasteiger partial charge >= 0.3 is 0 Å². The van der Waals surface area contributed by atoms with Crippen molar-refractivity contribution in [2.75, 3.05) is 26.2 Å². The lowest BCUT2D eigenvalue weighted by Crippen LogP contribution is -2.69. The Morgan fingerprint density at radius 1 is 0.548 bits per heavy atom. The molecule has 4 aromatic rings. The van der Waals surface area contributed by atoms with Crippen LogP contribution in [0.4, 0.5) is 26.3 Å². The summed E-state index contributed by atoms with van der Waals surface area (Å²) < 4.78 is 87.1. The van der Waals surface area contributed by atoms with Gasteiger partial charge in [-0.2, -0.15) is 0 Å². The highest BCUT2D eigenvalue weighted by molar-refractivity contribution is 14.1. The van der Waals surface area contributed by atoms with Crippen molar-refractivity contribution in [2.45, 2.75) is 87.6 Å². The van der Waals surface area contributed by atoms with Gasteiger partial charge in [0.1, 0.15) is 22.8 Å². The summed E-state index contributed by atoms with van der Waals surface area (Å²) in [5.74, 6) is -7.40. The van der Waals surface area contributed by atoms with Gasteiger partial charge in [0.05, 0.1) is 38.4 Å². The lowest BCUT2D eigenvalue weighted by Gasteiger charge is -2.52. The number of halogens is 8. The third-order valence-corrected chi connectivity index (χ3v) is 14.2. The van der Waals surface area contributed by atoms with Crippen LogP contribution in [0.25, 0.3) is 0 Å². The number of amides is 2. The van der Waals surface area contributed by atoms with Crippen LogP contribution in [0.1, 0.15) is 94.3 Å². The SMILES string of the molecule is O=C(c1ccc(F)c(F)c1Cc1ccc(I)cc1F)N1CC(O)(C2CCCC[C@H]2O)C1.O=C(c1ccc(F)c(F)c1Cc1ccc(I)cc1F)N1CC(O)([C@H]2CCCC[C@@H]2O)C1. The van der Waals surface area contributed by atoms with Crippen LogP contribution in [0.2, 0.25) is 0 Å². The topological polar surface area (TPSA) is 122 Å². The van der Waals surface area contributed by atoms with Gasteiger partial charge in [-0.1, -0.05) is 37.8 Å². The molecular weight excluding hydrogens is 1040 g/mol. The van der Waals surface area contributed by atoms with E-state index in [0.29, 0.717) is 32.8 Å². The van der Waals surface area contributed by atoms with Crippen LogP contribution in [0.15, 0.2) is 60.7 Å². The van der Waals surface area contributed by atoms with Gasteiger partial charge in [0.2, 0.25) is 0 Å². The molecule has 2 aliphatic carbocycles. The molecule has 4 N–H and O–H groups in total. The summed E-state index contributed by atoms with van der Waals surface area (Å²) in [6, 6.07) is 13.0. The fraction of sp³-hybridized carbons (Fsp3) is 0.435. The first-order valence-electron chi connectivity index (χ1n) is 20.6. The zero-order valence-corrected chi connectivity index (χ0v) is 37.8. The molecule has 4 fully saturated rings. The third-order valence-electron chi connectivity index (χ3n) is 12.9. The number of benzene rings is 4. The van der Waals surface area contributed by atoms with Gasteiger partial charge in [-0.15, -0.1) is 0 Å². The molecule has 0 spiro atoms. The van der Waals surface area contributed by atoms with E-state index >= 15 is 0 Å². The van der Waals surface area contributed by atoms with E-state index in [2.05, 4.69) is 0 Å². The maximum absolute atomic E-state index is 14.6. The van der Waals surface area contributed by atoms with Crippen LogP contribution >= 0.6 is 45.2 Å². The molecule has 8 rings (SSSR count). The van der Waals surface area contributed by atoms with E-state index in [1.807, 2.05) is 45.2 Å². The van der Waals surface area contributed by atoms with Gasteiger partial charge in [-0.05, 0) is 131 Å². The number of hydrogen-bond donors (Lipinski definition) is 4. The minimum atomic E-state index is -1.18. The maximum Gasteiger partial charge on any atom is 0.254 e. The molecule has 0 radical (unpaired) electrons. The lowest BCUT2D eigenvalue weighted by atomic mass is 9.71. The summed E-state index contributed by atoms with van der Waals surface area (Å²) in [5, 5.41) is 42.3. The quantitative estimate of drug-likeness (QED) is 0.105. The molecule has 62 heavy (non-hydrogen) atoms. The number of hydrogen-bond acceptors (Lipinski definition) is 6. The molecular formula is C46H46F6I2N2O6. The molecule has 1 unspecified atom stereocenters. The Balaban J connectivity index is 0.000000186. The van der Waals surface area contributed by atoms with E-state index in [4.69, 9.17) is 0 Å². The van der Waals surface area contributed by atoms with E-state index in [0.717, 1.165) is 37.8 Å². The van der Waals surface area contributed by atoms with Gasteiger partial charge in [0, 0.05) is 54.1 Å². The second kappa shape index (κ2) is 19.0. The Labute approximate surface area is 382 Å². The van der Waals surface area contributed by atoms with Crippen molar-refractivity contribution in [2.24, 2.45) is 11.8 Å². The predicted octanol–water partition coefficient (Wildman–Crippen LogP) is 8.07. The largest absolute Gasteiger partial charge is 0.393 e. The monoisotopic (exact) mass is 1090 g/mol. The molecule has 0 bridgehead atoms. The van der Waals surface area contributed by atoms with Gasteiger partial charge in [-0.25, -0.2) is 26.3 Å². The first kappa shape index (κ1) is 46.7. The van der Waals surface area contributed by atoms with Crippen molar-refractivity contribution in [3.05, 3.63) is 136 Å². The average molecular weight is 1090 g/mol. The summed E-state index contributed by atoms with van der Waals surface area (Å²) in [5.41, 5.74) is -2.58. The molecule has 4 atom stereocenters. The Hall–Kier alpha value is -3.30. The van der Waals surface area contributed by atoms with E-state index in [1.165, 1.54) is 46.2 Å². The smallest absolute Gasteiger partial charge is 0.254 e. The van der Waals surface area contributed by atoms with Crippen molar-refractivity contribution >= 4 is 57.0 Å².